The second-order valence-corrected chi connectivity index (χ2v) is 5.85. The first-order valence-corrected chi connectivity index (χ1v) is 7.92. The van der Waals surface area contributed by atoms with Gasteiger partial charge in [-0.15, -0.1) is 0 Å². The van der Waals surface area contributed by atoms with E-state index in [0.717, 1.165) is 50.9 Å². The zero-order valence-corrected chi connectivity index (χ0v) is 12.5. The van der Waals surface area contributed by atoms with Gasteiger partial charge in [-0.3, -0.25) is 4.79 Å². The summed E-state index contributed by atoms with van der Waals surface area (Å²) in [5.41, 5.74) is 0. The molecule has 2 fully saturated rings. The SMILES string of the molecule is CC1OCCC1C(=O)N1CCC(OCCBr)CC1. The molecule has 2 atom stereocenters. The molecule has 2 aliphatic heterocycles. The summed E-state index contributed by atoms with van der Waals surface area (Å²) < 4.78 is 11.2. The van der Waals surface area contributed by atoms with Gasteiger partial charge in [-0.05, 0) is 26.2 Å². The Balaban J connectivity index is 1.77. The van der Waals surface area contributed by atoms with Crippen LogP contribution in [-0.4, -0.2) is 54.6 Å². The predicted molar refractivity (Wildman–Crippen MR) is 72.9 cm³/mol. The maximum atomic E-state index is 12.3. The normalized spacial score (nSPS) is 29.8. The number of hydrogen-bond acceptors (Lipinski definition) is 3. The first-order valence-electron chi connectivity index (χ1n) is 6.80. The molecule has 0 spiro atoms. The number of hydrogen-bond donors (Lipinski definition) is 0. The lowest BCUT2D eigenvalue weighted by Crippen LogP contribution is -2.45. The molecule has 0 radical (unpaired) electrons. The van der Waals surface area contributed by atoms with E-state index in [1.165, 1.54) is 0 Å². The number of piperidine rings is 1. The maximum Gasteiger partial charge on any atom is 0.228 e. The van der Waals surface area contributed by atoms with Crippen LogP contribution in [-0.2, 0) is 14.3 Å². The van der Waals surface area contributed by atoms with Crippen LogP contribution < -0.4 is 0 Å². The summed E-state index contributed by atoms with van der Waals surface area (Å²) >= 11 is 3.36. The van der Waals surface area contributed by atoms with Gasteiger partial charge in [-0.25, -0.2) is 0 Å². The number of rotatable bonds is 4. The lowest BCUT2D eigenvalue weighted by atomic mass is 9.99. The van der Waals surface area contributed by atoms with Gasteiger partial charge < -0.3 is 14.4 Å². The molecule has 2 heterocycles. The fraction of sp³-hybridized carbons (Fsp3) is 0.923. The van der Waals surface area contributed by atoms with Crippen LogP contribution in [0.25, 0.3) is 0 Å². The highest BCUT2D eigenvalue weighted by molar-refractivity contribution is 9.09. The summed E-state index contributed by atoms with van der Waals surface area (Å²) in [5.74, 6) is 0.351. The molecular formula is C13H22BrNO3. The Hall–Kier alpha value is -0.130. The average Bonchev–Trinajstić information content (AvgIpc) is 2.82. The minimum atomic E-state index is 0.0741. The van der Waals surface area contributed by atoms with Crippen molar-refractivity contribution in [1.82, 2.24) is 4.90 Å². The fourth-order valence-electron chi connectivity index (χ4n) is 2.74. The van der Waals surface area contributed by atoms with E-state index in [9.17, 15) is 4.79 Å². The van der Waals surface area contributed by atoms with Crippen LogP contribution in [0.4, 0.5) is 0 Å². The molecule has 2 rings (SSSR count). The molecule has 104 valence electrons. The summed E-state index contributed by atoms with van der Waals surface area (Å²) in [6, 6.07) is 0. The molecule has 2 saturated heterocycles. The number of likely N-dealkylation sites (tertiary alicyclic amines) is 1. The minimum Gasteiger partial charge on any atom is -0.378 e. The number of alkyl halides is 1. The van der Waals surface area contributed by atoms with E-state index in [0.29, 0.717) is 6.10 Å². The average molecular weight is 320 g/mol. The standard InChI is InChI=1S/C13H22BrNO3/c1-10-12(4-8-17-10)13(16)15-6-2-11(3-7-15)18-9-5-14/h10-12H,2-9H2,1H3. The number of carbonyl (C=O) groups excluding carboxylic acids is 1. The van der Waals surface area contributed by atoms with Crippen LogP contribution >= 0.6 is 15.9 Å². The van der Waals surface area contributed by atoms with Crippen molar-refractivity contribution in [3.63, 3.8) is 0 Å². The second-order valence-electron chi connectivity index (χ2n) is 5.06. The van der Waals surface area contributed by atoms with Crippen molar-refractivity contribution in [2.24, 2.45) is 5.92 Å². The highest BCUT2D eigenvalue weighted by Gasteiger charge is 2.35. The van der Waals surface area contributed by atoms with Crippen LogP contribution in [0.15, 0.2) is 0 Å². The van der Waals surface area contributed by atoms with Crippen molar-refractivity contribution >= 4 is 21.8 Å². The number of ether oxygens (including phenoxy) is 2. The second kappa shape index (κ2) is 6.87. The predicted octanol–water partition coefficient (Wildman–Crippen LogP) is 1.81. The van der Waals surface area contributed by atoms with Crippen molar-refractivity contribution in [3.05, 3.63) is 0 Å². The van der Waals surface area contributed by atoms with Gasteiger partial charge in [0.15, 0.2) is 0 Å². The Morgan fingerprint density at radius 2 is 2.11 bits per heavy atom. The number of carbonyl (C=O) groups is 1. The van der Waals surface area contributed by atoms with Gasteiger partial charge in [0.05, 0.1) is 24.7 Å². The van der Waals surface area contributed by atoms with Crippen LogP contribution in [0.2, 0.25) is 0 Å². The molecule has 0 saturated carbocycles. The van der Waals surface area contributed by atoms with E-state index in [2.05, 4.69) is 15.9 Å². The third kappa shape index (κ3) is 3.45. The van der Waals surface area contributed by atoms with E-state index in [1.54, 1.807) is 0 Å². The van der Waals surface area contributed by atoms with Crippen molar-refractivity contribution < 1.29 is 14.3 Å². The van der Waals surface area contributed by atoms with E-state index >= 15 is 0 Å². The number of nitrogens with zero attached hydrogens (tertiary/aromatic N) is 1. The summed E-state index contributed by atoms with van der Waals surface area (Å²) in [4.78, 5) is 14.3. The van der Waals surface area contributed by atoms with Crippen LogP contribution in [0.1, 0.15) is 26.2 Å². The molecule has 18 heavy (non-hydrogen) atoms. The Bertz CT molecular complexity index is 279. The molecule has 0 aromatic carbocycles. The molecule has 1 amide bonds. The summed E-state index contributed by atoms with van der Waals surface area (Å²) in [6.45, 7) is 5.14. The van der Waals surface area contributed by atoms with E-state index < -0.39 is 0 Å². The molecule has 0 bridgehead atoms. The van der Waals surface area contributed by atoms with Gasteiger partial charge in [0.25, 0.3) is 0 Å². The van der Waals surface area contributed by atoms with Crippen molar-refractivity contribution in [2.75, 3.05) is 31.6 Å². The first-order chi connectivity index (χ1) is 8.72. The molecule has 0 N–H and O–H groups in total. The summed E-state index contributed by atoms with van der Waals surface area (Å²) in [7, 11) is 0. The zero-order valence-electron chi connectivity index (χ0n) is 10.9. The quantitative estimate of drug-likeness (QED) is 0.742. The molecule has 5 heteroatoms. The van der Waals surface area contributed by atoms with Gasteiger partial charge in [0.2, 0.25) is 5.91 Å². The number of amides is 1. The van der Waals surface area contributed by atoms with Crippen LogP contribution in [0.5, 0.6) is 0 Å². The molecule has 2 unspecified atom stereocenters. The van der Waals surface area contributed by atoms with E-state index in [1.807, 2.05) is 11.8 Å². The zero-order chi connectivity index (χ0) is 13.0. The molecule has 0 aromatic rings. The lowest BCUT2D eigenvalue weighted by Gasteiger charge is -2.33. The monoisotopic (exact) mass is 319 g/mol. The Morgan fingerprint density at radius 1 is 1.39 bits per heavy atom. The highest BCUT2D eigenvalue weighted by atomic mass is 79.9. The van der Waals surface area contributed by atoms with Crippen molar-refractivity contribution in [3.8, 4) is 0 Å². The Labute approximate surface area is 117 Å². The van der Waals surface area contributed by atoms with Gasteiger partial charge in [-0.1, -0.05) is 15.9 Å². The van der Waals surface area contributed by atoms with Crippen molar-refractivity contribution in [1.29, 1.82) is 0 Å². The molecule has 0 aromatic heterocycles. The maximum absolute atomic E-state index is 12.3. The fourth-order valence-corrected chi connectivity index (χ4v) is 2.93. The molecule has 4 nitrogen and oxygen atoms in total. The van der Waals surface area contributed by atoms with E-state index in [-0.39, 0.29) is 17.9 Å². The lowest BCUT2D eigenvalue weighted by molar-refractivity contribution is -0.139. The summed E-state index contributed by atoms with van der Waals surface area (Å²) in [5, 5.41) is 0.878. The van der Waals surface area contributed by atoms with Gasteiger partial charge >= 0.3 is 0 Å². The van der Waals surface area contributed by atoms with Gasteiger partial charge in [0, 0.05) is 25.0 Å². The topological polar surface area (TPSA) is 38.8 Å². The van der Waals surface area contributed by atoms with Gasteiger partial charge in [0.1, 0.15) is 0 Å². The molecule has 2 aliphatic rings. The van der Waals surface area contributed by atoms with E-state index in [4.69, 9.17) is 9.47 Å². The smallest absolute Gasteiger partial charge is 0.228 e. The summed E-state index contributed by atoms with van der Waals surface area (Å²) in [6.07, 6.45) is 3.20. The number of halogens is 1. The van der Waals surface area contributed by atoms with Crippen LogP contribution in [0, 0.1) is 5.92 Å². The van der Waals surface area contributed by atoms with Crippen molar-refractivity contribution in [2.45, 2.75) is 38.4 Å². The third-order valence-electron chi connectivity index (χ3n) is 3.88. The molecule has 0 aliphatic carbocycles. The minimum absolute atomic E-state index is 0.0741. The third-order valence-corrected chi connectivity index (χ3v) is 4.20. The largest absolute Gasteiger partial charge is 0.378 e. The first kappa shape index (κ1) is 14.3. The molecular weight excluding hydrogens is 298 g/mol. The van der Waals surface area contributed by atoms with Crippen LogP contribution in [0.3, 0.4) is 0 Å². The highest BCUT2D eigenvalue weighted by Crippen LogP contribution is 2.24. The Kier molecular flexibility index (Phi) is 5.45. The van der Waals surface area contributed by atoms with Gasteiger partial charge in [-0.2, -0.15) is 0 Å². The Morgan fingerprint density at radius 3 is 2.67 bits per heavy atom.